The number of halogens is 4. The van der Waals surface area contributed by atoms with E-state index in [4.69, 9.17) is 14.6 Å². The van der Waals surface area contributed by atoms with Gasteiger partial charge in [0.05, 0.1) is 45.2 Å². The normalized spacial score (nSPS) is 21.7. The first-order valence-corrected chi connectivity index (χ1v) is 13.3. The van der Waals surface area contributed by atoms with Gasteiger partial charge in [0, 0.05) is 13.1 Å². The molecule has 2 aliphatic heterocycles. The fourth-order valence-corrected chi connectivity index (χ4v) is 5.28. The van der Waals surface area contributed by atoms with Crippen LogP contribution in [-0.4, -0.2) is 73.5 Å². The molecular formula is C29H32F4N2O8. The number of carboxylic acid groups (broad SMARTS) is 1. The van der Waals surface area contributed by atoms with Crippen molar-refractivity contribution < 1.29 is 56.1 Å². The second-order valence-electron chi connectivity index (χ2n) is 10.0. The van der Waals surface area contributed by atoms with Crippen molar-refractivity contribution in [2.24, 2.45) is 11.8 Å². The molecule has 0 saturated carbocycles. The van der Waals surface area contributed by atoms with Gasteiger partial charge in [-0.25, -0.2) is 27.2 Å². The van der Waals surface area contributed by atoms with Crippen LogP contribution in [0.15, 0.2) is 36.4 Å². The number of carbonyl (C=O) groups excluding carboxylic acids is 3. The Morgan fingerprint density at radius 3 is 1.47 bits per heavy atom. The molecule has 2 aliphatic rings. The molecule has 0 aliphatic carbocycles. The number of piperidine rings is 2. The second-order valence-corrected chi connectivity index (χ2v) is 10.0. The molecule has 14 heteroatoms. The van der Waals surface area contributed by atoms with E-state index in [1.165, 1.54) is 43.3 Å². The molecule has 0 bridgehead atoms. The molecule has 2 amide bonds. The molecule has 2 fully saturated rings. The summed E-state index contributed by atoms with van der Waals surface area (Å²) in [6, 6.07) is 5.52. The molecule has 4 atom stereocenters. The Hall–Kier alpha value is -4.36. The highest BCUT2D eigenvalue weighted by molar-refractivity contribution is 5.74. The predicted molar refractivity (Wildman–Crippen MR) is 142 cm³/mol. The van der Waals surface area contributed by atoms with Gasteiger partial charge in [-0.1, -0.05) is 12.1 Å². The number of rotatable bonds is 4. The Morgan fingerprint density at radius 1 is 0.674 bits per heavy atom. The fourth-order valence-electron chi connectivity index (χ4n) is 5.28. The van der Waals surface area contributed by atoms with Gasteiger partial charge < -0.3 is 29.1 Å². The van der Waals surface area contributed by atoms with E-state index in [2.05, 4.69) is 4.74 Å². The summed E-state index contributed by atoms with van der Waals surface area (Å²) < 4.78 is 67.1. The fraction of sp³-hybridized carbons (Fsp3) is 0.448. The van der Waals surface area contributed by atoms with Crippen LogP contribution < -0.4 is 0 Å². The minimum Gasteiger partial charge on any atom is -0.481 e. The Labute approximate surface area is 245 Å². The highest BCUT2D eigenvalue weighted by atomic mass is 19.2. The molecule has 2 aromatic carbocycles. The molecular weight excluding hydrogens is 580 g/mol. The van der Waals surface area contributed by atoms with Gasteiger partial charge in [-0.15, -0.1) is 0 Å². The average molecular weight is 613 g/mol. The first kappa shape index (κ1) is 33.1. The van der Waals surface area contributed by atoms with E-state index in [1.807, 2.05) is 0 Å². The van der Waals surface area contributed by atoms with E-state index in [0.717, 1.165) is 24.3 Å². The smallest absolute Gasteiger partial charge is 0.409 e. The maximum absolute atomic E-state index is 13.5. The molecule has 234 valence electrons. The Morgan fingerprint density at radius 2 is 1.09 bits per heavy atom. The lowest BCUT2D eigenvalue weighted by Gasteiger charge is -2.37. The summed E-state index contributed by atoms with van der Waals surface area (Å²) in [7, 11) is 3.76. The van der Waals surface area contributed by atoms with Crippen molar-refractivity contribution in [3.05, 3.63) is 70.8 Å². The van der Waals surface area contributed by atoms with Crippen LogP contribution in [0.4, 0.5) is 27.2 Å². The molecule has 0 radical (unpaired) electrons. The zero-order chi connectivity index (χ0) is 31.8. The third kappa shape index (κ3) is 7.93. The largest absolute Gasteiger partial charge is 0.481 e. The predicted octanol–water partition coefficient (Wildman–Crippen LogP) is 5.23. The molecule has 1 N–H and O–H groups in total. The number of carboxylic acids is 1. The number of ether oxygens (including phenoxy) is 3. The van der Waals surface area contributed by atoms with Crippen molar-refractivity contribution in [1.82, 2.24) is 9.80 Å². The summed E-state index contributed by atoms with van der Waals surface area (Å²) in [6.07, 6.45) is -0.0545. The average Bonchev–Trinajstić information content (AvgIpc) is 3.02. The first-order chi connectivity index (χ1) is 20.4. The lowest BCUT2D eigenvalue weighted by Crippen LogP contribution is -2.42. The lowest BCUT2D eigenvalue weighted by atomic mass is 9.87. The van der Waals surface area contributed by atoms with E-state index >= 15 is 0 Å². The summed E-state index contributed by atoms with van der Waals surface area (Å²) in [5, 5.41) is 9.11. The molecule has 4 rings (SSSR count). The Bertz CT molecular complexity index is 1340. The number of esters is 1. The number of hydrogen-bond donors (Lipinski definition) is 1. The van der Waals surface area contributed by atoms with Crippen molar-refractivity contribution in [3.63, 3.8) is 0 Å². The third-order valence-corrected chi connectivity index (χ3v) is 7.56. The minimum absolute atomic E-state index is 0.134. The summed E-state index contributed by atoms with van der Waals surface area (Å²) in [5.41, 5.74) is 0.767. The maximum atomic E-state index is 13.5. The zero-order valence-electron chi connectivity index (χ0n) is 23.7. The topological polar surface area (TPSA) is 123 Å². The van der Waals surface area contributed by atoms with Crippen LogP contribution in [0.2, 0.25) is 0 Å². The van der Waals surface area contributed by atoms with Crippen molar-refractivity contribution >= 4 is 24.1 Å². The molecule has 4 unspecified atom stereocenters. The quantitative estimate of drug-likeness (QED) is 0.283. The molecule has 2 saturated heterocycles. The van der Waals surface area contributed by atoms with Crippen molar-refractivity contribution in [3.8, 4) is 0 Å². The maximum Gasteiger partial charge on any atom is 0.409 e. The number of aliphatic carboxylic acids is 1. The highest BCUT2D eigenvalue weighted by Gasteiger charge is 2.38. The van der Waals surface area contributed by atoms with Gasteiger partial charge in [-0.3, -0.25) is 9.59 Å². The van der Waals surface area contributed by atoms with Gasteiger partial charge in [0.1, 0.15) is 0 Å². The van der Waals surface area contributed by atoms with Gasteiger partial charge in [0.15, 0.2) is 23.3 Å². The summed E-state index contributed by atoms with van der Waals surface area (Å²) in [6.45, 7) is 0.462. The highest BCUT2D eigenvalue weighted by Crippen LogP contribution is 2.37. The summed E-state index contributed by atoms with van der Waals surface area (Å²) in [5.74, 6) is -6.36. The van der Waals surface area contributed by atoms with Crippen molar-refractivity contribution in [2.75, 3.05) is 34.4 Å². The van der Waals surface area contributed by atoms with Crippen LogP contribution >= 0.6 is 0 Å². The SMILES string of the molecule is COC(=O)C1CCN(C(=O)OC)C(c2ccc(F)c(F)c2)C1.COC(=O)N1CCC(C(=O)O)CC1c1ccc(F)c(F)c1. The minimum atomic E-state index is -1.03. The van der Waals surface area contributed by atoms with Crippen LogP contribution in [0.3, 0.4) is 0 Å². The van der Waals surface area contributed by atoms with Crippen LogP contribution in [0.5, 0.6) is 0 Å². The number of methoxy groups -OCH3 is 3. The monoisotopic (exact) mass is 612 g/mol. The van der Waals surface area contributed by atoms with Crippen molar-refractivity contribution in [1.29, 1.82) is 0 Å². The number of nitrogens with zero attached hydrogens (tertiary/aromatic N) is 2. The van der Waals surface area contributed by atoms with Crippen LogP contribution in [0, 0.1) is 35.1 Å². The number of carbonyl (C=O) groups is 4. The molecule has 0 aromatic heterocycles. The number of amides is 2. The van der Waals surface area contributed by atoms with Crippen LogP contribution in [0.25, 0.3) is 0 Å². The van der Waals surface area contributed by atoms with Gasteiger partial charge >= 0.3 is 24.1 Å². The standard InChI is InChI=1S/C15H17F2NO4.C14H15F2NO4/c1-21-14(19)10-5-6-18(15(20)22-2)13(8-10)9-3-4-11(16)12(17)7-9;1-21-14(20)17-5-4-9(13(18)19)7-12(17)8-2-3-10(15)11(16)6-8/h3-4,7,10,13H,5-6,8H2,1-2H3;2-3,6,9,12H,4-5,7H2,1H3,(H,18,19). The Kier molecular flexibility index (Phi) is 11.3. The lowest BCUT2D eigenvalue weighted by molar-refractivity contribution is -0.147. The summed E-state index contributed by atoms with van der Waals surface area (Å²) in [4.78, 5) is 49.2. The van der Waals surface area contributed by atoms with Crippen LogP contribution in [-0.2, 0) is 23.8 Å². The van der Waals surface area contributed by atoms with E-state index < -0.39 is 65.3 Å². The first-order valence-electron chi connectivity index (χ1n) is 13.3. The molecule has 10 nitrogen and oxygen atoms in total. The molecule has 2 heterocycles. The van der Waals surface area contributed by atoms with Gasteiger partial charge in [-0.05, 0) is 61.1 Å². The summed E-state index contributed by atoms with van der Waals surface area (Å²) >= 11 is 0. The number of likely N-dealkylation sites (tertiary alicyclic amines) is 2. The van der Waals surface area contributed by atoms with E-state index in [0.29, 0.717) is 24.0 Å². The van der Waals surface area contributed by atoms with Crippen molar-refractivity contribution in [2.45, 2.75) is 37.8 Å². The van der Waals surface area contributed by atoms with Gasteiger partial charge in [0.25, 0.3) is 0 Å². The second kappa shape index (κ2) is 14.7. The van der Waals surface area contributed by atoms with Crippen LogP contribution in [0.1, 0.15) is 48.9 Å². The van der Waals surface area contributed by atoms with E-state index in [1.54, 1.807) is 0 Å². The number of benzene rings is 2. The number of hydrogen-bond acceptors (Lipinski definition) is 7. The van der Waals surface area contributed by atoms with Gasteiger partial charge in [-0.2, -0.15) is 0 Å². The van der Waals surface area contributed by atoms with Gasteiger partial charge in [0.2, 0.25) is 0 Å². The third-order valence-electron chi connectivity index (χ3n) is 7.56. The zero-order valence-corrected chi connectivity index (χ0v) is 23.7. The Balaban J connectivity index is 0.000000236. The van der Waals surface area contributed by atoms with E-state index in [9.17, 15) is 36.7 Å². The molecule has 43 heavy (non-hydrogen) atoms. The van der Waals surface area contributed by atoms with E-state index in [-0.39, 0.29) is 31.9 Å². The molecule has 0 spiro atoms. The molecule has 2 aromatic rings.